The number of primary amides is 1. The highest BCUT2D eigenvalue weighted by Crippen LogP contribution is 2.31. The number of halogens is 1. The maximum absolute atomic E-state index is 12.6. The van der Waals surface area contributed by atoms with Crippen molar-refractivity contribution in [1.29, 1.82) is 0 Å². The number of hydrogen-bond donors (Lipinski definition) is 2. The minimum atomic E-state index is -0.739. The topological polar surface area (TPSA) is 98.2 Å². The number of para-hydroxylation sites is 1. The average molecular weight is 456 g/mol. The molecule has 2 heterocycles. The molecule has 140 valence electrons. The van der Waals surface area contributed by atoms with Crippen LogP contribution in [0.5, 0.6) is 0 Å². The summed E-state index contributed by atoms with van der Waals surface area (Å²) in [4.78, 5) is 28.8. The lowest BCUT2D eigenvalue weighted by Crippen LogP contribution is -2.18. The first-order valence-corrected chi connectivity index (χ1v) is 10.00. The molecule has 0 spiro atoms. The number of amides is 2. The zero-order valence-electron chi connectivity index (χ0n) is 14.4. The maximum atomic E-state index is 12.6. The molecule has 2 aromatic heterocycles. The molecule has 4 rings (SSSR count). The van der Waals surface area contributed by atoms with Gasteiger partial charge in [0.1, 0.15) is 16.3 Å². The fourth-order valence-electron chi connectivity index (χ4n) is 2.83. The number of fused-ring (bicyclic) bond motifs is 1. The number of thiazole rings is 1. The highest BCUT2D eigenvalue weighted by molar-refractivity contribution is 9.10. The number of furan rings is 1. The lowest BCUT2D eigenvalue weighted by molar-refractivity contribution is -0.115. The summed E-state index contributed by atoms with van der Waals surface area (Å²) in [5.74, 6) is -1.11. The first kappa shape index (κ1) is 18.4. The third kappa shape index (κ3) is 3.69. The number of nitrogens with zero attached hydrogens (tertiary/aromatic N) is 1. The Bertz CT molecular complexity index is 1200. The first-order chi connectivity index (χ1) is 13.5. The van der Waals surface area contributed by atoms with Crippen LogP contribution < -0.4 is 11.1 Å². The summed E-state index contributed by atoms with van der Waals surface area (Å²) in [7, 11) is 0. The van der Waals surface area contributed by atoms with Gasteiger partial charge in [-0.05, 0) is 24.3 Å². The van der Waals surface area contributed by atoms with Crippen LogP contribution in [0.25, 0.3) is 21.5 Å². The number of anilines is 1. The lowest BCUT2D eigenvalue weighted by atomic mass is 10.2. The fraction of sp³-hybridized carbons (Fsp3) is 0.0500. The summed E-state index contributed by atoms with van der Waals surface area (Å²) < 4.78 is 6.44. The highest BCUT2D eigenvalue weighted by Gasteiger charge is 2.20. The van der Waals surface area contributed by atoms with Gasteiger partial charge in [-0.3, -0.25) is 9.59 Å². The third-order valence-electron chi connectivity index (χ3n) is 4.05. The third-order valence-corrected chi connectivity index (χ3v) is 5.48. The van der Waals surface area contributed by atoms with Gasteiger partial charge in [-0.1, -0.05) is 40.2 Å². The van der Waals surface area contributed by atoms with Crippen molar-refractivity contribution in [1.82, 2.24) is 4.98 Å². The Kier molecular flexibility index (Phi) is 4.97. The molecule has 0 unspecified atom stereocenters. The number of nitrogens with one attached hydrogen (secondary N) is 1. The summed E-state index contributed by atoms with van der Waals surface area (Å²) in [5.41, 5.74) is 7.78. The normalized spacial score (nSPS) is 10.9. The predicted octanol–water partition coefficient (Wildman–Crippen LogP) is 4.60. The Hall–Kier alpha value is -2.97. The second kappa shape index (κ2) is 7.57. The molecule has 0 saturated carbocycles. The molecule has 0 aliphatic carbocycles. The van der Waals surface area contributed by atoms with Crippen molar-refractivity contribution in [3.63, 3.8) is 0 Å². The van der Waals surface area contributed by atoms with E-state index in [4.69, 9.17) is 10.2 Å². The van der Waals surface area contributed by atoms with E-state index in [0.29, 0.717) is 16.7 Å². The minimum Gasteiger partial charge on any atom is -0.449 e. The molecule has 0 saturated heterocycles. The highest BCUT2D eigenvalue weighted by atomic mass is 79.9. The van der Waals surface area contributed by atoms with Crippen LogP contribution in [0.4, 0.5) is 5.69 Å². The van der Waals surface area contributed by atoms with Crippen LogP contribution in [0.3, 0.4) is 0 Å². The Balaban J connectivity index is 1.55. The van der Waals surface area contributed by atoms with Crippen LogP contribution in [-0.4, -0.2) is 16.8 Å². The maximum Gasteiger partial charge on any atom is 0.286 e. The van der Waals surface area contributed by atoms with E-state index in [1.807, 2.05) is 29.6 Å². The van der Waals surface area contributed by atoms with Crippen molar-refractivity contribution in [2.45, 2.75) is 6.42 Å². The predicted molar refractivity (Wildman–Crippen MR) is 112 cm³/mol. The summed E-state index contributed by atoms with van der Waals surface area (Å²) in [5, 5.41) is 6.04. The van der Waals surface area contributed by atoms with Crippen LogP contribution in [0, 0.1) is 0 Å². The van der Waals surface area contributed by atoms with Crippen LogP contribution in [0.15, 0.2) is 62.8 Å². The molecule has 2 aromatic carbocycles. The van der Waals surface area contributed by atoms with Crippen LogP contribution in [0.1, 0.15) is 16.2 Å². The van der Waals surface area contributed by atoms with Crippen LogP contribution in [0.2, 0.25) is 0 Å². The van der Waals surface area contributed by atoms with Gasteiger partial charge in [-0.15, -0.1) is 11.3 Å². The summed E-state index contributed by atoms with van der Waals surface area (Å²) >= 11 is 4.91. The zero-order chi connectivity index (χ0) is 19.7. The van der Waals surface area contributed by atoms with E-state index in [1.54, 1.807) is 24.3 Å². The average Bonchev–Trinajstić information content (AvgIpc) is 3.27. The molecule has 3 N–H and O–H groups in total. The standard InChI is InChI=1S/C20H14BrN3O3S/c21-12-5-3-4-11(8-12)20-23-13(10-28-20)9-16(25)24-17-14-6-1-2-7-15(14)27-18(17)19(22)26/h1-8,10H,9H2,(H2,22,26)(H,24,25). The van der Waals surface area contributed by atoms with E-state index in [2.05, 4.69) is 26.2 Å². The summed E-state index contributed by atoms with van der Waals surface area (Å²) in [6.45, 7) is 0. The van der Waals surface area contributed by atoms with Gasteiger partial charge in [0, 0.05) is 20.8 Å². The number of benzene rings is 2. The van der Waals surface area contributed by atoms with Gasteiger partial charge in [-0.2, -0.15) is 0 Å². The van der Waals surface area contributed by atoms with Gasteiger partial charge in [0.2, 0.25) is 11.7 Å². The quantitative estimate of drug-likeness (QED) is 0.459. The molecule has 8 heteroatoms. The second-order valence-electron chi connectivity index (χ2n) is 6.05. The SMILES string of the molecule is NC(=O)c1oc2ccccc2c1NC(=O)Cc1csc(-c2cccc(Br)c2)n1. The second-order valence-corrected chi connectivity index (χ2v) is 7.82. The van der Waals surface area contributed by atoms with E-state index >= 15 is 0 Å². The van der Waals surface area contributed by atoms with Crippen LogP contribution in [-0.2, 0) is 11.2 Å². The number of nitrogens with two attached hydrogens (primary N) is 1. The molecule has 0 radical (unpaired) electrons. The van der Waals surface area contributed by atoms with Crippen molar-refractivity contribution in [2.75, 3.05) is 5.32 Å². The largest absolute Gasteiger partial charge is 0.449 e. The Morgan fingerprint density at radius 3 is 2.79 bits per heavy atom. The molecule has 2 amide bonds. The van der Waals surface area contributed by atoms with Crippen molar-refractivity contribution >= 4 is 55.7 Å². The Morgan fingerprint density at radius 1 is 1.18 bits per heavy atom. The monoisotopic (exact) mass is 455 g/mol. The van der Waals surface area contributed by atoms with Gasteiger partial charge in [-0.25, -0.2) is 4.98 Å². The molecule has 4 aromatic rings. The first-order valence-electron chi connectivity index (χ1n) is 8.33. The van der Waals surface area contributed by atoms with E-state index in [-0.39, 0.29) is 23.8 Å². The van der Waals surface area contributed by atoms with Crippen molar-refractivity contribution in [2.24, 2.45) is 5.73 Å². The Morgan fingerprint density at radius 2 is 2.00 bits per heavy atom. The minimum absolute atomic E-state index is 0.0670. The van der Waals surface area contributed by atoms with Gasteiger partial charge >= 0.3 is 0 Å². The molecule has 28 heavy (non-hydrogen) atoms. The van der Waals surface area contributed by atoms with Gasteiger partial charge in [0.15, 0.2) is 0 Å². The fourth-order valence-corrected chi connectivity index (χ4v) is 4.05. The molecule has 6 nitrogen and oxygen atoms in total. The zero-order valence-corrected chi connectivity index (χ0v) is 16.8. The summed E-state index contributed by atoms with van der Waals surface area (Å²) in [6.07, 6.45) is 0.0716. The summed E-state index contributed by atoms with van der Waals surface area (Å²) in [6, 6.07) is 14.9. The smallest absolute Gasteiger partial charge is 0.286 e. The van der Waals surface area contributed by atoms with Gasteiger partial charge in [0.05, 0.1) is 12.1 Å². The van der Waals surface area contributed by atoms with Crippen molar-refractivity contribution < 1.29 is 14.0 Å². The number of aromatic nitrogens is 1. The number of carbonyl (C=O) groups excluding carboxylic acids is 2. The molecular weight excluding hydrogens is 442 g/mol. The van der Waals surface area contributed by atoms with E-state index in [1.165, 1.54) is 11.3 Å². The van der Waals surface area contributed by atoms with Gasteiger partial charge in [0.25, 0.3) is 5.91 Å². The number of rotatable bonds is 5. The molecule has 0 bridgehead atoms. The van der Waals surface area contributed by atoms with Gasteiger partial charge < -0.3 is 15.5 Å². The van der Waals surface area contributed by atoms with Crippen molar-refractivity contribution in [3.8, 4) is 10.6 Å². The Labute approximate surface area is 172 Å². The van der Waals surface area contributed by atoms with E-state index in [9.17, 15) is 9.59 Å². The van der Waals surface area contributed by atoms with Crippen molar-refractivity contribution in [3.05, 3.63) is 69.8 Å². The van der Waals surface area contributed by atoms with Crippen LogP contribution >= 0.6 is 27.3 Å². The molecule has 0 atom stereocenters. The van der Waals surface area contributed by atoms with E-state index < -0.39 is 5.91 Å². The van der Waals surface area contributed by atoms with E-state index in [0.717, 1.165) is 15.0 Å². The molecule has 0 aliphatic heterocycles. The molecule has 0 fully saturated rings. The number of hydrogen-bond acceptors (Lipinski definition) is 5. The molecular formula is C20H14BrN3O3S. The number of carbonyl (C=O) groups is 2. The lowest BCUT2D eigenvalue weighted by Gasteiger charge is -2.03. The molecule has 0 aliphatic rings.